The number of hydrogen-bond acceptors (Lipinski definition) is 9. The number of halogens is 1. The largest absolute Gasteiger partial charge is 0.396 e. The molecule has 1 aliphatic heterocycles. The fourth-order valence-electron chi connectivity index (χ4n) is 4.10. The number of aliphatic hydroxyl groups excluding tert-OH is 1. The maximum atomic E-state index is 12.9. The Morgan fingerprint density at radius 3 is 3.03 bits per heavy atom. The van der Waals surface area contributed by atoms with Crippen molar-refractivity contribution in [2.24, 2.45) is 0 Å². The summed E-state index contributed by atoms with van der Waals surface area (Å²) in [5, 5.41) is 25.0. The van der Waals surface area contributed by atoms with Gasteiger partial charge in [-0.2, -0.15) is 0 Å². The molecule has 4 heterocycles. The zero-order chi connectivity index (χ0) is 23.8. The highest BCUT2D eigenvalue weighted by molar-refractivity contribution is 6.34. The van der Waals surface area contributed by atoms with Gasteiger partial charge in [0.1, 0.15) is 0 Å². The predicted octanol–water partition coefficient (Wildman–Crippen LogP) is 1.89. The van der Waals surface area contributed by atoms with Gasteiger partial charge in [-0.25, -0.2) is 9.67 Å². The molecule has 0 saturated carbocycles. The van der Waals surface area contributed by atoms with Gasteiger partial charge < -0.3 is 25.6 Å². The van der Waals surface area contributed by atoms with Crippen LogP contribution < -0.4 is 16.0 Å². The van der Waals surface area contributed by atoms with Gasteiger partial charge in [-0.05, 0) is 37.6 Å². The molecule has 5 rings (SSSR count). The molecule has 0 spiro atoms. The number of pyridine rings is 1. The third-order valence-corrected chi connectivity index (χ3v) is 6.10. The summed E-state index contributed by atoms with van der Waals surface area (Å²) < 4.78 is 6.96. The first-order valence-corrected chi connectivity index (χ1v) is 11.2. The molecule has 4 aromatic rings. The van der Waals surface area contributed by atoms with Gasteiger partial charge in [0.25, 0.3) is 5.91 Å². The Hall–Kier alpha value is -3.70. The second-order valence-corrected chi connectivity index (χ2v) is 8.64. The number of nitrogen functional groups attached to an aromatic ring is 1. The van der Waals surface area contributed by atoms with Crippen molar-refractivity contribution in [3.8, 4) is 5.69 Å². The molecule has 4 N–H and O–H groups in total. The number of aromatic nitrogens is 5. The monoisotopic (exact) mass is 482 g/mol. The van der Waals surface area contributed by atoms with Gasteiger partial charge in [0.2, 0.25) is 5.58 Å². The van der Waals surface area contributed by atoms with Gasteiger partial charge in [0.05, 0.1) is 33.6 Å². The van der Waals surface area contributed by atoms with Gasteiger partial charge in [-0.1, -0.05) is 22.0 Å². The summed E-state index contributed by atoms with van der Waals surface area (Å²) >= 11 is 6.42. The predicted molar refractivity (Wildman–Crippen MR) is 126 cm³/mol. The lowest BCUT2D eigenvalue weighted by molar-refractivity contribution is 0.0940. The number of nitrogens with one attached hydrogen (secondary N) is 1. The molecule has 0 radical (unpaired) electrons. The smallest absolute Gasteiger partial charge is 0.253 e. The minimum Gasteiger partial charge on any atom is -0.396 e. The topological polar surface area (TPSA) is 148 Å². The zero-order valence-electron chi connectivity index (χ0n) is 18.4. The maximum absolute atomic E-state index is 12.9. The normalized spacial score (nSPS) is 15.9. The van der Waals surface area contributed by atoms with Gasteiger partial charge >= 0.3 is 0 Å². The van der Waals surface area contributed by atoms with Crippen LogP contribution in [-0.4, -0.2) is 61.9 Å². The average Bonchev–Trinajstić information content (AvgIpc) is 3.55. The van der Waals surface area contributed by atoms with Gasteiger partial charge in [-0.3, -0.25) is 4.79 Å². The number of hydrogen-bond donors (Lipinski definition) is 3. The molecular weight excluding hydrogens is 460 g/mol. The van der Waals surface area contributed by atoms with Crippen molar-refractivity contribution in [1.82, 2.24) is 30.5 Å². The highest BCUT2D eigenvalue weighted by Crippen LogP contribution is 2.31. The molecule has 1 saturated heterocycles. The van der Waals surface area contributed by atoms with Crippen LogP contribution in [0.15, 0.2) is 35.0 Å². The Balaban J connectivity index is 1.28. The molecule has 1 aliphatic rings. The molecule has 11 nitrogen and oxygen atoms in total. The van der Waals surface area contributed by atoms with Crippen LogP contribution in [0.5, 0.6) is 0 Å². The molecule has 176 valence electrons. The Morgan fingerprint density at radius 2 is 2.24 bits per heavy atom. The van der Waals surface area contributed by atoms with E-state index in [2.05, 4.69) is 30.7 Å². The van der Waals surface area contributed by atoms with Crippen molar-refractivity contribution >= 4 is 40.1 Å². The van der Waals surface area contributed by atoms with Crippen LogP contribution in [0, 0.1) is 6.92 Å². The number of amides is 1. The third-order valence-electron chi connectivity index (χ3n) is 5.79. The Kier molecular flexibility index (Phi) is 5.80. The van der Waals surface area contributed by atoms with Crippen molar-refractivity contribution in [1.29, 1.82) is 0 Å². The molecule has 1 atom stereocenters. The molecule has 1 aromatic carbocycles. The summed E-state index contributed by atoms with van der Waals surface area (Å²) in [6, 6.07) is 6.84. The first-order chi connectivity index (χ1) is 16.4. The second kappa shape index (κ2) is 8.92. The van der Waals surface area contributed by atoms with Crippen LogP contribution in [0.4, 0.5) is 11.6 Å². The summed E-state index contributed by atoms with van der Waals surface area (Å²) in [7, 11) is 0. The van der Waals surface area contributed by atoms with Crippen molar-refractivity contribution in [3.05, 3.63) is 52.4 Å². The minimum absolute atomic E-state index is 0.00553. The number of carbonyl (C=O) groups excluding carboxylic acids is 1. The van der Waals surface area contributed by atoms with Crippen molar-refractivity contribution in [3.63, 3.8) is 0 Å². The highest BCUT2D eigenvalue weighted by Gasteiger charge is 2.28. The van der Waals surface area contributed by atoms with Crippen LogP contribution >= 0.6 is 11.6 Å². The number of nitrogens with two attached hydrogens (primary N) is 1. The maximum Gasteiger partial charge on any atom is 0.253 e. The SMILES string of the molecule is Cc1cc2c(N)noc2c(N2CCC(NC(=O)c3ccc(-n4cc(CCO)nn4)cc3Cl)C2)n1. The molecule has 34 heavy (non-hydrogen) atoms. The highest BCUT2D eigenvalue weighted by atomic mass is 35.5. The third kappa shape index (κ3) is 4.15. The molecule has 0 bridgehead atoms. The van der Waals surface area contributed by atoms with E-state index in [1.54, 1.807) is 29.1 Å². The molecular formula is C22H23ClN8O3. The van der Waals surface area contributed by atoms with Gasteiger partial charge in [-0.15, -0.1) is 5.10 Å². The average molecular weight is 483 g/mol. The van der Waals surface area contributed by atoms with Crippen molar-refractivity contribution in [2.75, 3.05) is 30.3 Å². The quantitative estimate of drug-likeness (QED) is 0.374. The van der Waals surface area contributed by atoms with E-state index in [1.165, 1.54) is 0 Å². The lowest BCUT2D eigenvalue weighted by Gasteiger charge is -2.18. The van der Waals surface area contributed by atoms with Crippen LogP contribution in [0.3, 0.4) is 0 Å². The first kappa shape index (κ1) is 22.1. The number of fused-ring (bicyclic) bond motifs is 1. The van der Waals surface area contributed by atoms with Crippen molar-refractivity contribution in [2.45, 2.75) is 25.8 Å². The first-order valence-electron chi connectivity index (χ1n) is 10.8. The fourth-order valence-corrected chi connectivity index (χ4v) is 4.36. The molecule has 0 aliphatic carbocycles. The standard InChI is InChI=1S/C22H23ClN8O3/c1-12-8-17-19(34-28-20(17)24)21(25-12)30-6-4-13(10-30)26-22(33)16-3-2-15(9-18(16)23)31-11-14(5-7-32)27-29-31/h2-3,8-9,11,13,32H,4-7,10H2,1H3,(H2,24,28)(H,26,33). The second-order valence-electron chi connectivity index (χ2n) is 8.23. The van der Waals surface area contributed by atoms with Crippen molar-refractivity contribution < 1.29 is 14.4 Å². The van der Waals surface area contributed by atoms with E-state index < -0.39 is 0 Å². The van der Waals surface area contributed by atoms with Gasteiger partial charge in [0, 0.05) is 37.9 Å². The van der Waals surface area contributed by atoms with E-state index in [9.17, 15) is 4.79 Å². The van der Waals surface area contributed by atoms with Gasteiger partial charge in [0.15, 0.2) is 11.6 Å². The molecule has 1 fully saturated rings. The summed E-state index contributed by atoms with van der Waals surface area (Å²) in [5.74, 6) is 0.750. The number of carbonyl (C=O) groups is 1. The summed E-state index contributed by atoms with van der Waals surface area (Å²) in [5.41, 5.74) is 8.98. The van der Waals surface area contributed by atoms with E-state index in [0.717, 1.165) is 17.5 Å². The number of benzene rings is 1. The van der Waals surface area contributed by atoms with Crippen LogP contribution in [0.2, 0.25) is 5.02 Å². The minimum atomic E-state index is -0.255. The van der Waals surface area contributed by atoms with E-state index in [0.29, 0.717) is 58.7 Å². The summed E-state index contributed by atoms with van der Waals surface area (Å²) in [6.45, 7) is 3.16. The van der Waals surface area contributed by atoms with E-state index in [-0.39, 0.29) is 18.6 Å². The summed E-state index contributed by atoms with van der Waals surface area (Å²) in [6.07, 6.45) is 2.88. The molecule has 1 unspecified atom stereocenters. The fraction of sp³-hybridized carbons (Fsp3) is 0.318. The number of aryl methyl sites for hydroxylation is 1. The number of aliphatic hydroxyl groups is 1. The van der Waals surface area contributed by atoms with Crippen LogP contribution in [0.1, 0.15) is 28.2 Å². The van der Waals surface area contributed by atoms with E-state index in [1.807, 2.05) is 13.0 Å². The van der Waals surface area contributed by atoms with E-state index in [4.69, 9.17) is 27.0 Å². The lowest BCUT2D eigenvalue weighted by atomic mass is 10.1. The molecule has 3 aromatic heterocycles. The summed E-state index contributed by atoms with van der Waals surface area (Å²) in [4.78, 5) is 19.6. The lowest BCUT2D eigenvalue weighted by Crippen LogP contribution is -2.37. The zero-order valence-corrected chi connectivity index (χ0v) is 19.2. The number of anilines is 2. The Labute approximate surface area is 199 Å². The van der Waals surface area contributed by atoms with E-state index >= 15 is 0 Å². The molecule has 1 amide bonds. The van der Waals surface area contributed by atoms with Crippen LogP contribution in [-0.2, 0) is 6.42 Å². The van der Waals surface area contributed by atoms with Crippen LogP contribution in [0.25, 0.3) is 16.7 Å². The molecule has 12 heteroatoms. The Morgan fingerprint density at radius 1 is 1.38 bits per heavy atom. The Bertz CT molecular complexity index is 1370. The number of rotatable bonds is 6. The number of nitrogens with zero attached hydrogens (tertiary/aromatic N) is 6.